The Labute approximate surface area is 82.5 Å². The largest absolute Gasteiger partial charge is 0.461 e. The summed E-state index contributed by atoms with van der Waals surface area (Å²) in [6.07, 6.45) is 0. The highest BCUT2D eigenvalue weighted by Crippen LogP contribution is 2.30. The predicted molar refractivity (Wildman–Crippen MR) is 55.0 cm³/mol. The molecule has 2 rings (SSSR count). The van der Waals surface area contributed by atoms with Gasteiger partial charge in [0.15, 0.2) is 0 Å². The second-order valence-electron chi connectivity index (χ2n) is 3.89. The SMILES string of the molecule is Cc1c(C(C)C)oc2ccc(F)cc12. The number of hydrogen-bond acceptors (Lipinski definition) is 1. The molecule has 1 aromatic carbocycles. The first kappa shape index (κ1) is 9.25. The average Bonchev–Trinajstić information content (AvgIpc) is 2.44. The predicted octanol–water partition coefficient (Wildman–Crippen LogP) is 4.00. The van der Waals surface area contributed by atoms with Gasteiger partial charge < -0.3 is 4.42 Å². The molecule has 2 heteroatoms. The van der Waals surface area contributed by atoms with Gasteiger partial charge >= 0.3 is 0 Å². The molecule has 1 nitrogen and oxygen atoms in total. The van der Waals surface area contributed by atoms with Crippen molar-refractivity contribution in [2.24, 2.45) is 0 Å². The Bertz CT molecular complexity index is 468. The summed E-state index contributed by atoms with van der Waals surface area (Å²) in [7, 11) is 0. The third kappa shape index (κ3) is 1.31. The van der Waals surface area contributed by atoms with Crippen molar-refractivity contribution < 1.29 is 8.81 Å². The third-order valence-electron chi connectivity index (χ3n) is 2.46. The van der Waals surface area contributed by atoms with Gasteiger partial charge in [-0.1, -0.05) is 13.8 Å². The molecular formula is C12H13FO. The lowest BCUT2D eigenvalue weighted by Gasteiger charge is -1.99. The molecule has 0 atom stereocenters. The molecule has 0 unspecified atom stereocenters. The van der Waals surface area contributed by atoms with E-state index in [9.17, 15) is 4.39 Å². The molecule has 0 aliphatic rings. The molecule has 0 aliphatic heterocycles. The first-order valence-corrected chi connectivity index (χ1v) is 4.78. The number of hydrogen-bond donors (Lipinski definition) is 0. The molecular weight excluding hydrogens is 179 g/mol. The highest BCUT2D eigenvalue weighted by atomic mass is 19.1. The van der Waals surface area contributed by atoms with Gasteiger partial charge in [0.1, 0.15) is 17.2 Å². The molecule has 0 bridgehead atoms. The maximum Gasteiger partial charge on any atom is 0.134 e. The van der Waals surface area contributed by atoms with Crippen LogP contribution in [-0.2, 0) is 0 Å². The zero-order valence-corrected chi connectivity index (χ0v) is 8.60. The number of fused-ring (bicyclic) bond motifs is 1. The van der Waals surface area contributed by atoms with Gasteiger partial charge in [-0.25, -0.2) is 4.39 Å². The van der Waals surface area contributed by atoms with Crippen LogP contribution in [0, 0.1) is 12.7 Å². The van der Waals surface area contributed by atoms with Crippen LogP contribution in [0.1, 0.15) is 31.1 Å². The summed E-state index contributed by atoms with van der Waals surface area (Å²) in [5.41, 5.74) is 1.82. The normalized spacial score (nSPS) is 11.5. The van der Waals surface area contributed by atoms with E-state index in [1.807, 2.05) is 6.92 Å². The van der Waals surface area contributed by atoms with Crippen LogP contribution in [0.15, 0.2) is 22.6 Å². The Kier molecular flexibility index (Phi) is 2.06. The van der Waals surface area contributed by atoms with Crippen LogP contribution >= 0.6 is 0 Å². The van der Waals surface area contributed by atoms with E-state index in [0.29, 0.717) is 5.92 Å². The minimum absolute atomic E-state index is 0.211. The summed E-state index contributed by atoms with van der Waals surface area (Å²) in [6, 6.07) is 4.64. The van der Waals surface area contributed by atoms with Crippen LogP contribution in [0.3, 0.4) is 0 Å². The monoisotopic (exact) mass is 192 g/mol. The first-order chi connectivity index (χ1) is 6.59. The Morgan fingerprint density at radius 3 is 2.64 bits per heavy atom. The van der Waals surface area contributed by atoms with Crippen LogP contribution in [0.4, 0.5) is 4.39 Å². The lowest BCUT2D eigenvalue weighted by molar-refractivity contribution is 0.517. The maximum absolute atomic E-state index is 13.0. The third-order valence-corrected chi connectivity index (χ3v) is 2.46. The molecule has 1 heterocycles. The first-order valence-electron chi connectivity index (χ1n) is 4.78. The Morgan fingerprint density at radius 1 is 1.29 bits per heavy atom. The Morgan fingerprint density at radius 2 is 2.00 bits per heavy atom. The van der Waals surface area contributed by atoms with E-state index in [4.69, 9.17) is 4.42 Å². The summed E-state index contributed by atoms with van der Waals surface area (Å²) in [5, 5.41) is 0.883. The summed E-state index contributed by atoms with van der Waals surface area (Å²) < 4.78 is 18.6. The van der Waals surface area contributed by atoms with Crippen molar-refractivity contribution in [2.75, 3.05) is 0 Å². The molecule has 1 aromatic heterocycles. The Balaban J connectivity index is 2.74. The topological polar surface area (TPSA) is 13.1 Å². The molecule has 0 spiro atoms. The minimum atomic E-state index is -0.211. The van der Waals surface area contributed by atoms with Gasteiger partial charge in [0, 0.05) is 11.3 Å². The van der Waals surface area contributed by atoms with E-state index in [-0.39, 0.29) is 5.82 Å². The second kappa shape index (κ2) is 3.12. The van der Waals surface area contributed by atoms with Crippen molar-refractivity contribution in [3.05, 3.63) is 35.3 Å². The molecule has 0 radical (unpaired) electrons. The second-order valence-corrected chi connectivity index (χ2v) is 3.89. The van der Waals surface area contributed by atoms with E-state index in [2.05, 4.69) is 13.8 Å². The van der Waals surface area contributed by atoms with Crippen molar-refractivity contribution in [1.82, 2.24) is 0 Å². The molecule has 0 fully saturated rings. The number of rotatable bonds is 1. The van der Waals surface area contributed by atoms with Crippen molar-refractivity contribution in [2.45, 2.75) is 26.7 Å². The molecule has 0 saturated carbocycles. The van der Waals surface area contributed by atoms with Crippen LogP contribution in [0.2, 0.25) is 0 Å². The summed E-state index contributed by atoms with van der Waals surface area (Å²) in [4.78, 5) is 0. The number of aryl methyl sites for hydroxylation is 1. The summed E-state index contributed by atoms with van der Waals surface area (Å²) >= 11 is 0. The number of furan rings is 1. The van der Waals surface area contributed by atoms with Gasteiger partial charge in [0.2, 0.25) is 0 Å². The smallest absolute Gasteiger partial charge is 0.134 e. The fourth-order valence-corrected chi connectivity index (χ4v) is 1.76. The van der Waals surface area contributed by atoms with E-state index in [1.165, 1.54) is 12.1 Å². The van der Waals surface area contributed by atoms with Crippen LogP contribution in [0.25, 0.3) is 11.0 Å². The van der Waals surface area contributed by atoms with Gasteiger partial charge in [-0.3, -0.25) is 0 Å². The van der Waals surface area contributed by atoms with Crippen LogP contribution in [0.5, 0.6) is 0 Å². The molecule has 0 saturated heterocycles. The lowest BCUT2D eigenvalue weighted by atomic mass is 10.1. The van der Waals surface area contributed by atoms with Crippen molar-refractivity contribution in [1.29, 1.82) is 0 Å². The quantitative estimate of drug-likeness (QED) is 0.665. The highest BCUT2D eigenvalue weighted by molar-refractivity contribution is 5.82. The fourth-order valence-electron chi connectivity index (χ4n) is 1.76. The number of halogens is 1. The van der Waals surface area contributed by atoms with Gasteiger partial charge in [-0.05, 0) is 30.7 Å². The lowest BCUT2D eigenvalue weighted by Crippen LogP contribution is -1.85. The standard InChI is InChI=1S/C12H13FO/c1-7(2)12-8(3)10-6-9(13)4-5-11(10)14-12/h4-7H,1-3H3. The summed E-state index contributed by atoms with van der Waals surface area (Å²) in [6.45, 7) is 6.11. The van der Waals surface area contributed by atoms with E-state index in [1.54, 1.807) is 6.07 Å². The Hall–Kier alpha value is -1.31. The zero-order valence-electron chi connectivity index (χ0n) is 8.60. The van der Waals surface area contributed by atoms with Crippen molar-refractivity contribution >= 4 is 11.0 Å². The maximum atomic E-state index is 13.0. The molecule has 2 aromatic rings. The van der Waals surface area contributed by atoms with Crippen LogP contribution < -0.4 is 0 Å². The minimum Gasteiger partial charge on any atom is -0.461 e. The molecule has 0 aliphatic carbocycles. The fraction of sp³-hybridized carbons (Fsp3) is 0.333. The van der Waals surface area contributed by atoms with E-state index >= 15 is 0 Å². The zero-order chi connectivity index (χ0) is 10.3. The molecule has 14 heavy (non-hydrogen) atoms. The van der Waals surface area contributed by atoms with Gasteiger partial charge in [-0.15, -0.1) is 0 Å². The average molecular weight is 192 g/mol. The van der Waals surface area contributed by atoms with Crippen LogP contribution in [-0.4, -0.2) is 0 Å². The van der Waals surface area contributed by atoms with E-state index < -0.39 is 0 Å². The number of benzene rings is 1. The molecule has 0 amide bonds. The van der Waals surface area contributed by atoms with Crippen molar-refractivity contribution in [3.63, 3.8) is 0 Å². The van der Waals surface area contributed by atoms with Crippen molar-refractivity contribution in [3.8, 4) is 0 Å². The highest BCUT2D eigenvalue weighted by Gasteiger charge is 2.13. The van der Waals surface area contributed by atoms with Gasteiger partial charge in [0.05, 0.1) is 0 Å². The van der Waals surface area contributed by atoms with E-state index in [0.717, 1.165) is 22.3 Å². The molecule has 0 N–H and O–H groups in total. The molecule has 74 valence electrons. The van der Waals surface area contributed by atoms with Gasteiger partial charge in [-0.2, -0.15) is 0 Å². The van der Waals surface area contributed by atoms with Gasteiger partial charge in [0.25, 0.3) is 0 Å². The summed E-state index contributed by atoms with van der Waals surface area (Å²) in [5.74, 6) is 1.08.